The van der Waals surface area contributed by atoms with Crippen LogP contribution < -0.4 is 5.32 Å². The maximum Gasteiger partial charge on any atom is 0.0120 e. The Morgan fingerprint density at radius 2 is 2.00 bits per heavy atom. The van der Waals surface area contributed by atoms with Crippen molar-refractivity contribution in [1.82, 2.24) is 10.2 Å². The van der Waals surface area contributed by atoms with Crippen LogP contribution in [0.5, 0.6) is 0 Å². The minimum atomic E-state index is 0.858. The molecule has 2 atom stereocenters. The molecule has 0 aromatic carbocycles. The number of fused-ring (bicyclic) bond motifs is 1. The van der Waals surface area contributed by atoms with Crippen molar-refractivity contribution in [3.63, 3.8) is 0 Å². The van der Waals surface area contributed by atoms with Gasteiger partial charge in [0.05, 0.1) is 0 Å². The molecule has 86 valence electrons. The lowest BCUT2D eigenvalue weighted by Crippen LogP contribution is -2.53. The zero-order chi connectivity index (χ0) is 10.1. The van der Waals surface area contributed by atoms with Gasteiger partial charge in [0.15, 0.2) is 0 Å². The van der Waals surface area contributed by atoms with Gasteiger partial charge in [-0.15, -0.1) is 0 Å². The molecule has 1 aliphatic carbocycles. The molecule has 0 radical (unpaired) electrons. The van der Waals surface area contributed by atoms with Crippen LogP contribution >= 0.6 is 0 Å². The van der Waals surface area contributed by atoms with Gasteiger partial charge >= 0.3 is 0 Å². The van der Waals surface area contributed by atoms with E-state index in [4.69, 9.17) is 0 Å². The molecule has 0 aromatic heterocycles. The van der Waals surface area contributed by atoms with Crippen LogP contribution in [-0.4, -0.2) is 37.1 Å². The van der Waals surface area contributed by atoms with Gasteiger partial charge in [-0.3, -0.25) is 0 Å². The molecule has 2 heterocycles. The van der Waals surface area contributed by atoms with Crippen LogP contribution in [0.2, 0.25) is 0 Å². The van der Waals surface area contributed by atoms with Crippen LogP contribution in [0.15, 0.2) is 0 Å². The molecule has 2 aliphatic heterocycles. The maximum absolute atomic E-state index is 3.70. The fourth-order valence-corrected chi connectivity index (χ4v) is 3.53. The van der Waals surface area contributed by atoms with E-state index in [1.165, 1.54) is 64.7 Å². The van der Waals surface area contributed by atoms with E-state index < -0.39 is 0 Å². The molecule has 3 fully saturated rings. The molecule has 15 heavy (non-hydrogen) atoms. The molecule has 0 bridgehead atoms. The quantitative estimate of drug-likeness (QED) is 0.745. The van der Waals surface area contributed by atoms with Crippen molar-refractivity contribution in [1.29, 1.82) is 0 Å². The summed E-state index contributed by atoms with van der Waals surface area (Å²) in [5.74, 6) is 2.02. The first-order chi connectivity index (χ1) is 7.42. The number of nitrogens with one attached hydrogen (secondary N) is 1. The third kappa shape index (κ3) is 2.21. The second-order valence-electron chi connectivity index (χ2n) is 5.81. The van der Waals surface area contributed by atoms with Crippen LogP contribution in [0.1, 0.15) is 38.5 Å². The standard InChI is InChI=1S/C13H24N2/c1-3-11(4-1)9-15-8-6-13-12(10-15)5-2-7-14-13/h11-14H,1-10H2. The van der Waals surface area contributed by atoms with E-state index >= 15 is 0 Å². The highest BCUT2D eigenvalue weighted by atomic mass is 15.2. The third-order valence-electron chi connectivity index (χ3n) is 4.72. The van der Waals surface area contributed by atoms with E-state index in [2.05, 4.69) is 10.2 Å². The van der Waals surface area contributed by atoms with E-state index in [-0.39, 0.29) is 0 Å². The lowest BCUT2D eigenvalue weighted by atomic mass is 9.82. The molecular formula is C13H24N2. The summed E-state index contributed by atoms with van der Waals surface area (Å²) in [5.41, 5.74) is 0. The summed E-state index contributed by atoms with van der Waals surface area (Å²) in [4.78, 5) is 2.75. The van der Waals surface area contributed by atoms with E-state index in [0.717, 1.165) is 17.9 Å². The fourth-order valence-electron chi connectivity index (χ4n) is 3.53. The molecule has 3 aliphatic rings. The molecule has 0 aromatic rings. The van der Waals surface area contributed by atoms with Crippen molar-refractivity contribution in [2.45, 2.75) is 44.6 Å². The van der Waals surface area contributed by atoms with Crippen LogP contribution in [-0.2, 0) is 0 Å². The molecule has 2 heteroatoms. The van der Waals surface area contributed by atoms with Gasteiger partial charge < -0.3 is 10.2 Å². The molecule has 1 N–H and O–H groups in total. The zero-order valence-electron chi connectivity index (χ0n) is 9.75. The molecule has 1 saturated carbocycles. The van der Waals surface area contributed by atoms with E-state index in [1.807, 2.05) is 0 Å². The maximum atomic E-state index is 3.70. The Hall–Kier alpha value is -0.0800. The van der Waals surface area contributed by atoms with Gasteiger partial charge in [-0.2, -0.15) is 0 Å². The molecule has 0 spiro atoms. The Morgan fingerprint density at radius 3 is 2.80 bits per heavy atom. The van der Waals surface area contributed by atoms with Gasteiger partial charge in [-0.25, -0.2) is 0 Å². The van der Waals surface area contributed by atoms with Gasteiger partial charge in [-0.05, 0) is 57.0 Å². The highest BCUT2D eigenvalue weighted by Crippen LogP contribution is 2.30. The predicted octanol–water partition coefficient (Wildman–Crippen LogP) is 1.86. The molecule has 2 unspecified atom stereocenters. The lowest BCUT2D eigenvalue weighted by Gasteiger charge is -2.43. The van der Waals surface area contributed by atoms with Gasteiger partial charge in [0.2, 0.25) is 0 Å². The smallest absolute Gasteiger partial charge is 0.0120 e. The Labute approximate surface area is 93.4 Å². The van der Waals surface area contributed by atoms with Crippen LogP contribution in [0.4, 0.5) is 0 Å². The fraction of sp³-hybridized carbons (Fsp3) is 1.00. The summed E-state index contributed by atoms with van der Waals surface area (Å²) in [7, 11) is 0. The summed E-state index contributed by atoms with van der Waals surface area (Å²) in [6.45, 7) is 5.41. The van der Waals surface area contributed by atoms with Crippen LogP contribution in [0.25, 0.3) is 0 Å². The number of rotatable bonds is 2. The number of piperidine rings is 2. The SMILES string of the molecule is C1CC(CN2CCC3NCCCC3C2)C1. The van der Waals surface area contributed by atoms with Crippen molar-refractivity contribution in [3.05, 3.63) is 0 Å². The minimum absolute atomic E-state index is 0.858. The second kappa shape index (κ2) is 4.42. The molecule has 3 rings (SSSR count). The summed E-state index contributed by atoms with van der Waals surface area (Å²) in [5, 5.41) is 3.70. The molecular weight excluding hydrogens is 184 g/mol. The second-order valence-corrected chi connectivity index (χ2v) is 5.81. The zero-order valence-corrected chi connectivity index (χ0v) is 9.75. The number of hydrogen-bond acceptors (Lipinski definition) is 2. The summed E-state index contributed by atoms with van der Waals surface area (Å²) in [6, 6.07) is 0.858. The third-order valence-corrected chi connectivity index (χ3v) is 4.72. The van der Waals surface area contributed by atoms with Gasteiger partial charge in [0.25, 0.3) is 0 Å². The normalized spacial score (nSPS) is 38.4. The van der Waals surface area contributed by atoms with Gasteiger partial charge in [0, 0.05) is 19.1 Å². The minimum Gasteiger partial charge on any atom is -0.314 e. The van der Waals surface area contributed by atoms with Crippen molar-refractivity contribution >= 4 is 0 Å². The molecule has 0 amide bonds. The highest BCUT2D eigenvalue weighted by molar-refractivity contribution is 4.89. The van der Waals surface area contributed by atoms with Crippen molar-refractivity contribution in [2.75, 3.05) is 26.2 Å². The van der Waals surface area contributed by atoms with Crippen LogP contribution in [0, 0.1) is 11.8 Å². The van der Waals surface area contributed by atoms with E-state index in [9.17, 15) is 0 Å². The first-order valence-electron chi connectivity index (χ1n) is 6.87. The van der Waals surface area contributed by atoms with Gasteiger partial charge in [0.1, 0.15) is 0 Å². The highest BCUT2D eigenvalue weighted by Gasteiger charge is 2.32. The van der Waals surface area contributed by atoms with E-state index in [1.54, 1.807) is 0 Å². The summed E-state index contributed by atoms with van der Waals surface area (Å²) >= 11 is 0. The Bertz CT molecular complexity index is 213. The average Bonchev–Trinajstić information content (AvgIpc) is 2.23. The van der Waals surface area contributed by atoms with Crippen LogP contribution in [0.3, 0.4) is 0 Å². The van der Waals surface area contributed by atoms with Crippen molar-refractivity contribution in [3.8, 4) is 0 Å². The summed E-state index contributed by atoms with van der Waals surface area (Å²) < 4.78 is 0. The monoisotopic (exact) mass is 208 g/mol. The topological polar surface area (TPSA) is 15.3 Å². The number of likely N-dealkylation sites (tertiary alicyclic amines) is 1. The molecule has 2 nitrogen and oxygen atoms in total. The Balaban J connectivity index is 1.50. The first kappa shape index (κ1) is 10.1. The Kier molecular flexibility index (Phi) is 2.98. The largest absolute Gasteiger partial charge is 0.314 e. The first-order valence-corrected chi connectivity index (χ1v) is 6.87. The predicted molar refractivity (Wildman–Crippen MR) is 62.9 cm³/mol. The number of nitrogens with zero attached hydrogens (tertiary/aromatic N) is 1. The van der Waals surface area contributed by atoms with E-state index in [0.29, 0.717) is 0 Å². The number of hydrogen-bond donors (Lipinski definition) is 1. The Morgan fingerprint density at radius 1 is 1.07 bits per heavy atom. The van der Waals surface area contributed by atoms with Gasteiger partial charge in [-0.1, -0.05) is 6.42 Å². The van der Waals surface area contributed by atoms with Crippen molar-refractivity contribution < 1.29 is 0 Å². The lowest BCUT2D eigenvalue weighted by molar-refractivity contribution is 0.0853. The van der Waals surface area contributed by atoms with Crippen molar-refractivity contribution in [2.24, 2.45) is 11.8 Å². The average molecular weight is 208 g/mol. The summed E-state index contributed by atoms with van der Waals surface area (Å²) in [6.07, 6.45) is 8.77. The molecule has 2 saturated heterocycles.